The van der Waals surface area contributed by atoms with Crippen molar-refractivity contribution in [3.8, 4) is 5.75 Å². The molecule has 0 unspecified atom stereocenters. The summed E-state index contributed by atoms with van der Waals surface area (Å²) < 4.78 is 0. The van der Waals surface area contributed by atoms with Gasteiger partial charge in [-0.05, 0) is 18.6 Å². The molecule has 4 nitrogen and oxygen atoms in total. The first-order valence-corrected chi connectivity index (χ1v) is 7.12. The van der Waals surface area contributed by atoms with Gasteiger partial charge in [0.25, 0.3) is 0 Å². The van der Waals surface area contributed by atoms with Crippen LogP contribution in [0.1, 0.15) is 18.0 Å². The number of hydrogen-bond donors (Lipinski definition) is 3. The Kier molecular flexibility index (Phi) is 7.37. The van der Waals surface area contributed by atoms with Crippen LogP contribution < -0.4 is 5.32 Å². The summed E-state index contributed by atoms with van der Waals surface area (Å²) >= 11 is 12.0. The van der Waals surface area contributed by atoms with Crippen LogP contribution in [0, 0.1) is 0 Å². The predicted octanol–water partition coefficient (Wildman–Crippen LogP) is 2.45. The smallest absolute Gasteiger partial charge is 0.139 e. The maximum absolute atomic E-state index is 10.1. The number of rotatable bonds is 4. The molecule has 0 saturated carbocycles. The van der Waals surface area contributed by atoms with E-state index in [1.54, 1.807) is 6.07 Å². The van der Waals surface area contributed by atoms with E-state index in [4.69, 9.17) is 23.2 Å². The molecule has 0 amide bonds. The van der Waals surface area contributed by atoms with Gasteiger partial charge in [-0.3, -0.25) is 4.90 Å². The molecule has 0 spiro atoms. The first kappa shape index (κ1) is 17.8. The van der Waals surface area contributed by atoms with Crippen molar-refractivity contribution in [2.45, 2.75) is 12.5 Å². The highest BCUT2D eigenvalue weighted by atomic mass is 35.5. The first-order valence-electron chi connectivity index (χ1n) is 6.37. The number of nitrogens with one attached hydrogen (secondary N) is 1. The molecule has 1 aliphatic rings. The normalized spacial score (nSPS) is 17.6. The van der Waals surface area contributed by atoms with Gasteiger partial charge in [0.15, 0.2) is 0 Å². The number of phenols is 1. The average molecular weight is 342 g/mol. The minimum atomic E-state index is -0.0664. The molecular weight excluding hydrogens is 323 g/mol. The highest BCUT2D eigenvalue weighted by Gasteiger charge is 2.25. The van der Waals surface area contributed by atoms with Crippen LogP contribution in [-0.2, 0) is 0 Å². The molecular formula is C13H19Cl3N2O2. The lowest BCUT2D eigenvalue weighted by Gasteiger charge is -2.35. The number of aliphatic hydroxyl groups is 1. The van der Waals surface area contributed by atoms with Crippen molar-refractivity contribution in [3.05, 3.63) is 27.7 Å². The van der Waals surface area contributed by atoms with Crippen LogP contribution in [0.3, 0.4) is 0 Å². The van der Waals surface area contributed by atoms with E-state index in [0.29, 0.717) is 17.0 Å². The molecule has 3 N–H and O–H groups in total. The Bertz CT molecular complexity index is 440. The molecule has 20 heavy (non-hydrogen) atoms. The molecule has 2 rings (SSSR count). The van der Waals surface area contributed by atoms with E-state index < -0.39 is 0 Å². The van der Waals surface area contributed by atoms with Gasteiger partial charge < -0.3 is 15.5 Å². The molecule has 1 atom stereocenters. The topological polar surface area (TPSA) is 55.7 Å². The summed E-state index contributed by atoms with van der Waals surface area (Å²) in [7, 11) is 0. The van der Waals surface area contributed by atoms with Gasteiger partial charge in [-0.15, -0.1) is 12.4 Å². The highest BCUT2D eigenvalue weighted by molar-refractivity contribution is 6.35. The van der Waals surface area contributed by atoms with Crippen molar-refractivity contribution in [2.75, 3.05) is 32.8 Å². The van der Waals surface area contributed by atoms with Gasteiger partial charge in [-0.2, -0.15) is 0 Å². The number of nitrogens with zero attached hydrogens (tertiary/aromatic N) is 1. The van der Waals surface area contributed by atoms with Crippen molar-refractivity contribution < 1.29 is 10.2 Å². The van der Waals surface area contributed by atoms with Gasteiger partial charge in [-0.25, -0.2) is 0 Å². The van der Waals surface area contributed by atoms with Crippen LogP contribution in [0.15, 0.2) is 12.1 Å². The summed E-state index contributed by atoms with van der Waals surface area (Å²) in [6.07, 6.45) is 0.546. The Labute approximate surface area is 135 Å². The van der Waals surface area contributed by atoms with E-state index in [0.717, 1.165) is 26.2 Å². The average Bonchev–Trinajstić information content (AvgIpc) is 2.41. The number of phenolic OH excluding ortho intramolecular Hbond substituents is 1. The van der Waals surface area contributed by atoms with Crippen LogP contribution in [0.25, 0.3) is 0 Å². The Morgan fingerprint density at radius 3 is 2.50 bits per heavy atom. The lowest BCUT2D eigenvalue weighted by Crippen LogP contribution is -2.45. The van der Waals surface area contributed by atoms with Crippen molar-refractivity contribution in [3.63, 3.8) is 0 Å². The lowest BCUT2D eigenvalue weighted by molar-refractivity contribution is 0.139. The largest absolute Gasteiger partial charge is 0.506 e. The Balaban J connectivity index is 0.00000200. The molecule has 1 aromatic carbocycles. The Hall–Kier alpha value is -0.230. The van der Waals surface area contributed by atoms with Crippen LogP contribution >= 0.6 is 35.6 Å². The molecule has 1 fully saturated rings. The summed E-state index contributed by atoms with van der Waals surface area (Å²) in [6.45, 7) is 3.59. The molecule has 0 aliphatic carbocycles. The number of piperazine rings is 1. The van der Waals surface area contributed by atoms with Gasteiger partial charge in [0.05, 0.1) is 5.02 Å². The molecule has 0 radical (unpaired) electrons. The summed E-state index contributed by atoms with van der Waals surface area (Å²) in [5.41, 5.74) is 0.688. The fourth-order valence-electron chi connectivity index (χ4n) is 2.49. The zero-order chi connectivity index (χ0) is 13.8. The fourth-order valence-corrected chi connectivity index (χ4v) is 3.00. The van der Waals surface area contributed by atoms with Crippen molar-refractivity contribution in [1.29, 1.82) is 0 Å². The summed E-state index contributed by atoms with van der Waals surface area (Å²) in [5.74, 6) is 0.0584. The van der Waals surface area contributed by atoms with E-state index >= 15 is 0 Å². The SMILES string of the molecule is Cl.OCC[C@@H](c1cc(Cl)cc(Cl)c1O)N1CCNCC1. The molecule has 114 valence electrons. The molecule has 7 heteroatoms. The molecule has 0 bridgehead atoms. The molecule has 1 aliphatic heterocycles. The predicted molar refractivity (Wildman–Crippen MR) is 84.3 cm³/mol. The van der Waals surface area contributed by atoms with Crippen LogP contribution in [0.2, 0.25) is 10.0 Å². The zero-order valence-corrected chi connectivity index (χ0v) is 13.3. The van der Waals surface area contributed by atoms with E-state index in [1.165, 1.54) is 6.07 Å². The van der Waals surface area contributed by atoms with Gasteiger partial charge >= 0.3 is 0 Å². The Morgan fingerprint density at radius 2 is 1.90 bits per heavy atom. The van der Waals surface area contributed by atoms with Crippen LogP contribution in [-0.4, -0.2) is 47.9 Å². The van der Waals surface area contributed by atoms with E-state index in [1.807, 2.05) is 0 Å². The van der Waals surface area contributed by atoms with Gasteiger partial charge in [0.2, 0.25) is 0 Å². The van der Waals surface area contributed by atoms with Crippen LogP contribution in [0.4, 0.5) is 0 Å². The number of benzene rings is 1. The third kappa shape index (κ3) is 4.13. The highest BCUT2D eigenvalue weighted by Crippen LogP contribution is 2.38. The summed E-state index contributed by atoms with van der Waals surface area (Å²) in [6, 6.07) is 3.18. The first-order chi connectivity index (χ1) is 9.13. The van der Waals surface area contributed by atoms with E-state index in [9.17, 15) is 10.2 Å². The second-order valence-electron chi connectivity index (χ2n) is 4.64. The molecule has 1 heterocycles. The molecule has 1 aromatic rings. The van der Waals surface area contributed by atoms with Gasteiger partial charge in [-0.1, -0.05) is 23.2 Å². The third-order valence-electron chi connectivity index (χ3n) is 3.41. The second-order valence-corrected chi connectivity index (χ2v) is 5.48. The van der Waals surface area contributed by atoms with Gasteiger partial charge in [0.1, 0.15) is 5.75 Å². The van der Waals surface area contributed by atoms with Crippen molar-refractivity contribution in [1.82, 2.24) is 10.2 Å². The quantitative estimate of drug-likeness (QED) is 0.787. The fraction of sp³-hybridized carbons (Fsp3) is 0.538. The standard InChI is InChI=1S/C13H18Cl2N2O2.ClH/c14-9-7-10(13(19)11(15)8-9)12(1-6-18)17-4-2-16-3-5-17;/h7-8,12,16,18-19H,1-6H2;1H/t12-;/m0./s1. The van der Waals surface area contributed by atoms with Gasteiger partial charge in [0, 0.05) is 49.4 Å². The maximum Gasteiger partial charge on any atom is 0.139 e. The second kappa shape index (κ2) is 8.27. The number of halogens is 3. The Morgan fingerprint density at radius 1 is 1.25 bits per heavy atom. The van der Waals surface area contributed by atoms with E-state index in [-0.39, 0.29) is 35.8 Å². The van der Waals surface area contributed by atoms with Crippen LogP contribution in [0.5, 0.6) is 5.75 Å². The van der Waals surface area contributed by atoms with E-state index in [2.05, 4.69) is 10.2 Å². The van der Waals surface area contributed by atoms with Crippen molar-refractivity contribution in [2.24, 2.45) is 0 Å². The summed E-state index contributed by atoms with van der Waals surface area (Å²) in [5, 5.41) is 23.4. The lowest BCUT2D eigenvalue weighted by atomic mass is 10.0. The van der Waals surface area contributed by atoms with Crippen molar-refractivity contribution >= 4 is 35.6 Å². The minimum absolute atomic E-state index is 0. The monoisotopic (exact) mass is 340 g/mol. The third-order valence-corrected chi connectivity index (χ3v) is 3.92. The minimum Gasteiger partial charge on any atom is -0.506 e. The maximum atomic E-state index is 10.1. The number of aliphatic hydroxyl groups excluding tert-OH is 1. The molecule has 0 aromatic heterocycles. The summed E-state index contributed by atoms with van der Waals surface area (Å²) in [4.78, 5) is 2.23. The number of hydrogen-bond acceptors (Lipinski definition) is 4. The molecule has 1 saturated heterocycles. The number of aromatic hydroxyl groups is 1. The zero-order valence-electron chi connectivity index (χ0n) is 11.0.